The van der Waals surface area contributed by atoms with Crippen LogP contribution in [0.15, 0.2) is 18.2 Å². The number of para-hydroxylation sites is 1. The number of hydrogen-bond donors (Lipinski definition) is 0. The molecule has 1 heterocycles. The summed E-state index contributed by atoms with van der Waals surface area (Å²) in [5.41, 5.74) is 3.17. The Bertz CT molecular complexity index is 620. The number of nitrogens with zero attached hydrogens (tertiary/aromatic N) is 3. The van der Waals surface area contributed by atoms with Crippen LogP contribution in [0.5, 0.6) is 0 Å². The topological polar surface area (TPSA) is 43.9 Å². The monoisotopic (exact) mass is 359 g/mol. The summed E-state index contributed by atoms with van der Waals surface area (Å²) >= 11 is 0. The van der Waals surface area contributed by atoms with E-state index in [1.807, 2.05) is 4.90 Å². The first-order valence-corrected chi connectivity index (χ1v) is 9.59. The Labute approximate surface area is 158 Å². The highest BCUT2D eigenvalue weighted by atomic mass is 16.2. The van der Waals surface area contributed by atoms with Gasteiger partial charge in [-0.2, -0.15) is 0 Å². The smallest absolute Gasteiger partial charge is 0.242 e. The second-order valence-electron chi connectivity index (χ2n) is 7.88. The van der Waals surface area contributed by atoms with Crippen molar-refractivity contribution < 1.29 is 9.59 Å². The summed E-state index contributed by atoms with van der Waals surface area (Å²) < 4.78 is 0. The fourth-order valence-electron chi connectivity index (χ4n) is 3.46. The molecule has 5 heteroatoms. The minimum absolute atomic E-state index is 0.0292. The summed E-state index contributed by atoms with van der Waals surface area (Å²) in [6.45, 7) is 13.4. The highest BCUT2D eigenvalue weighted by Crippen LogP contribution is 2.35. The Hall–Kier alpha value is -1.88. The van der Waals surface area contributed by atoms with Crippen LogP contribution < -0.4 is 4.90 Å². The average Bonchev–Trinajstić information content (AvgIpc) is 2.59. The molecular weight excluding hydrogens is 326 g/mol. The molecule has 0 spiro atoms. The van der Waals surface area contributed by atoms with Crippen molar-refractivity contribution in [3.63, 3.8) is 0 Å². The van der Waals surface area contributed by atoms with Crippen LogP contribution in [0.4, 0.5) is 5.69 Å². The van der Waals surface area contributed by atoms with Gasteiger partial charge in [-0.05, 0) is 30.0 Å². The number of benzene rings is 1. The van der Waals surface area contributed by atoms with Gasteiger partial charge in [-0.25, -0.2) is 0 Å². The second-order valence-corrected chi connectivity index (χ2v) is 7.88. The van der Waals surface area contributed by atoms with Gasteiger partial charge in [-0.3, -0.25) is 9.59 Å². The van der Waals surface area contributed by atoms with Crippen LogP contribution in [0.1, 0.15) is 57.6 Å². The van der Waals surface area contributed by atoms with Gasteiger partial charge in [-0.1, -0.05) is 45.9 Å². The maximum Gasteiger partial charge on any atom is 0.242 e. The van der Waals surface area contributed by atoms with Crippen LogP contribution in [0.25, 0.3) is 0 Å². The molecule has 2 rings (SSSR count). The standard InChI is InChI=1S/C21H33N3O2/c1-15(2)18-8-7-9-19(16(3)4)21(18)24(17(5)25)14-20(26)23-12-10-22(6)11-13-23/h7-9,15-16H,10-14H2,1-6H3. The van der Waals surface area contributed by atoms with Crippen LogP contribution in [0, 0.1) is 0 Å². The molecule has 0 saturated carbocycles. The minimum Gasteiger partial charge on any atom is -0.339 e. The zero-order chi connectivity index (χ0) is 19.4. The van der Waals surface area contributed by atoms with E-state index in [0.717, 1.165) is 43.0 Å². The predicted octanol–water partition coefficient (Wildman–Crippen LogP) is 3.06. The number of rotatable bonds is 5. The van der Waals surface area contributed by atoms with E-state index in [0.29, 0.717) is 0 Å². The van der Waals surface area contributed by atoms with Gasteiger partial charge in [0.2, 0.25) is 11.8 Å². The maximum absolute atomic E-state index is 12.9. The van der Waals surface area contributed by atoms with Gasteiger partial charge in [0.15, 0.2) is 0 Å². The second kappa shape index (κ2) is 8.67. The summed E-state index contributed by atoms with van der Waals surface area (Å²) in [6, 6.07) is 6.19. The number of anilines is 1. The van der Waals surface area contributed by atoms with E-state index in [4.69, 9.17) is 0 Å². The van der Waals surface area contributed by atoms with Crippen molar-refractivity contribution in [3.05, 3.63) is 29.3 Å². The molecule has 0 bridgehead atoms. The third-order valence-electron chi connectivity index (χ3n) is 5.14. The molecule has 0 unspecified atom stereocenters. The molecule has 1 aliphatic rings. The third-order valence-corrected chi connectivity index (χ3v) is 5.14. The molecule has 26 heavy (non-hydrogen) atoms. The predicted molar refractivity (Wildman–Crippen MR) is 107 cm³/mol. The normalized spacial score (nSPS) is 15.6. The number of carbonyl (C=O) groups excluding carboxylic acids is 2. The molecule has 0 atom stereocenters. The van der Waals surface area contributed by atoms with Crippen molar-refractivity contribution in [2.75, 3.05) is 44.7 Å². The fraction of sp³-hybridized carbons (Fsp3) is 0.619. The van der Waals surface area contributed by atoms with Crippen molar-refractivity contribution in [3.8, 4) is 0 Å². The van der Waals surface area contributed by atoms with Crippen molar-refractivity contribution in [2.24, 2.45) is 0 Å². The largest absolute Gasteiger partial charge is 0.339 e. The van der Waals surface area contributed by atoms with E-state index in [9.17, 15) is 9.59 Å². The minimum atomic E-state index is -0.0810. The number of piperazine rings is 1. The molecule has 2 amide bonds. The molecule has 1 aliphatic heterocycles. The molecule has 0 aliphatic carbocycles. The van der Waals surface area contributed by atoms with Crippen LogP contribution in [-0.2, 0) is 9.59 Å². The van der Waals surface area contributed by atoms with Crippen molar-refractivity contribution in [1.82, 2.24) is 9.80 Å². The van der Waals surface area contributed by atoms with Gasteiger partial charge < -0.3 is 14.7 Å². The van der Waals surface area contributed by atoms with Gasteiger partial charge in [-0.15, -0.1) is 0 Å². The number of amides is 2. The van der Waals surface area contributed by atoms with Crippen molar-refractivity contribution in [1.29, 1.82) is 0 Å². The molecule has 1 saturated heterocycles. The third kappa shape index (κ3) is 4.64. The average molecular weight is 360 g/mol. The van der Waals surface area contributed by atoms with Gasteiger partial charge in [0.05, 0.1) is 5.69 Å². The van der Waals surface area contributed by atoms with Crippen LogP contribution in [-0.4, -0.2) is 61.4 Å². The number of likely N-dealkylation sites (N-methyl/N-ethyl adjacent to an activating group) is 1. The summed E-state index contributed by atoms with van der Waals surface area (Å²) in [6.07, 6.45) is 0. The van der Waals surface area contributed by atoms with Crippen LogP contribution in [0.2, 0.25) is 0 Å². The van der Waals surface area contributed by atoms with Crippen LogP contribution in [0.3, 0.4) is 0 Å². The highest BCUT2D eigenvalue weighted by Gasteiger charge is 2.27. The van der Waals surface area contributed by atoms with Crippen molar-refractivity contribution >= 4 is 17.5 Å². The van der Waals surface area contributed by atoms with E-state index < -0.39 is 0 Å². The molecule has 0 radical (unpaired) electrons. The zero-order valence-corrected chi connectivity index (χ0v) is 17.1. The Kier molecular flexibility index (Phi) is 6.81. The molecule has 1 fully saturated rings. The molecule has 144 valence electrons. The first kappa shape index (κ1) is 20.4. The van der Waals surface area contributed by atoms with E-state index in [1.165, 1.54) is 0 Å². The Balaban J connectivity index is 2.35. The molecule has 0 N–H and O–H groups in total. The Morgan fingerprint density at radius 1 is 1.00 bits per heavy atom. The summed E-state index contributed by atoms with van der Waals surface area (Å²) in [4.78, 5) is 31.2. The van der Waals surface area contributed by atoms with Gasteiger partial charge >= 0.3 is 0 Å². The lowest BCUT2D eigenvalue weighted by Gasteiger charge is -2.35. The molecule has 5 nitrogen and oxygen atoms in total. The number of hydrogen-bond acceptors (Lipinski definition) is 3. The molecular formula is C21H33N3O2. The van der Waals surface area contributed by atoms with Crippen LogP contribution >= 0.6 is 0 Å². The SMILES string of the molecule is CC(=O)N(CC(=O)N1CCN(C)CC1)c1c(C(C)C)cccc1C(C)C. The highest BCUT2D eigenvalue weighted by molar-refractivity contribution is 5.99. The fourth-order valence-corrected chi connectivity index (χ4v) is 3.46. The van der Waals surface area contributed by atoms with E-state index in [1.54, 1.807) is 11.8 Å². The van der Waals surface area contributed by atoms with Gasteiger partial charge in [0.1, 0.15) is 6.54 Å². The first-order chi connectivity index (χ1) is 12.2. The Morgan fingerprint density at radius 3 is 1.92 bits per heavy atom. The summed E-state index contributed by atoms with van der Waals surface area (Å²) in [7, 11) is 2.07. The summed E-state index contributed by atoms with van der Waals surface area (Å²) in [5.74, 6) is 0.512. The lowest BCUT2D eigenvalue weighted by atomic mass is 9.91. The zero-order valence-electron chi connectivity index (χ0n) is 17.1. The molecule has 0 aromatic heterocycles. The quantitative estimate of drug-likeness (QED) is 0.812. The maximum atomic E-state index is 12.9. The summed E-state index contributed by atoms with van der Waals surface area (Å²) in [5, 5.41) is 0. The van der Waals surface area contributed by atoms with E-state index >= 15 is 0 Å². The van der Waals surface area contributed by atoms with E-state index in [2.05, 4.69) is 57.8 Å². The lowest BCUT2D eigenvalue weighted by molar-refractivity contribution is -0.132. The first-order valence-electron chi connectivity index (χ1n) is 9.59. The van der Waals surface area contributed by atoms with Gasteiger partial charge in [0.25, 0.3) is 0 Å². The van der Waals surface area contributed by atoms with E-state index in [-0.39, 0.29) is 30.2 Å². The Morgan fingerprint density at radius 2 is 1.50 bits per heavy atom. The molecule has 1 aromatic carbocycles. The lowest BCUT2D eigenvalue weighted by Crippen LogP contribution is -2.50. The van der Waals surface area contributed by atoms with Gasteiger partial charge in [0, 0.05) is 33.1 Å². The molecule has 1 aromatic rings. The van der Waals surface area contributed by atoms with Crippen molar-refractivity contribution in [2.45, 2.75) is 46.5 Å². The number of carbonyl (C=O) groups is 2.